The lowest BCUT2D eigenvalue weighted by molar-refractivity contribution is -0.156. The van der Waals surface area contributed by atoms with Gasteiger partial charge in [-0.15, -0.1) is 0 Å². The van der Waals surface area contributed by atoms with Gasteiger partial charge in [-0.2, -0.15) is 0 Å². The van der Waals surface area contributed by atoms with Gasteiger partial charge in [-0.25, -0.2) is 13.9 Å². The van der Waals surface area contributed by atoms with E-state index in [1.807, 2.05) is 6.07 Å². The summed E-state index contributed by atoms with van der Waals surface area (Å²) in [5.74, 6) is -1.28. The van der Waals surface area contributed by atoms with Crippen molar-refractivity contribution < 1.29 is 46.7 Å². The second-order valence-corrected chi connectivity index (χ2v) is 12.9. The van der Waals surface area contributed by atoms with Crippen molar-refractivity contribution in [2.45, 2.75) is 92.1 Å². The lowest BCUT2D eigenvalue weighted by atomic mass is 10.2. The lowest BCUT2D eigenvalue weighted by Gasteiger charge is -2.30. The van der Waals surface area contributed by atoms with Crippen molar-refractivity contribution in [3.05, 3.63) is 35.9 Å². The highest BCUT2D eigenvalue weighted by molar-refractivity contribution is 7.48. The molecule has 0 bridgehead atoms. The molecular formula is C26H42NO10P. The summed E-state index contributed by atoms with van der Waals surface area (Å²) in [6, 6.07) is 9.02. The third-order valence-corrected chi connectivity index (χ3v) is 5.96. The van der Waals surface area contributed by atoms with Gasteiger partial charge in [-0.1, -0.05) is 30.3 Å². The summed E-state index contributed by atoms with van der Waals surface area (Å²) in [6.07, 6.45) is -1.19. The van der Waals surface area contributed by atoms with Gasteiger partial charge in [0, 0.05) is 6.54 Å². The van der Waals surface area contributed by atoms with Crippen LogP contribution in [0.2, 0.25) is 0 Å². The van der Waals surface area contributed by atoms with Crippen LogP contribution in [0.1, 0.15) is 74.3 Å². The van der Waals surface area contributed by atoms with Gasteiger partial charge in [0.2, 0.25) is 6.79 Å². The molecule has 11 nitrogen and oxygen atoms in total. The van der Waals surface area contributed by atoms with Gasteiger partial charge in [0.25, 0.3) is 0 Å². The van der Waals surface area contributed by atoms with Crippen LogP contribution in [0.15, 0.2) is 30.3 Å². The first-order valence-electron chi connectivity index (χ1n) is 12.3. The Kier molecular flexibility index (Phi) is 12.4. The standard InChI is InChI=1S/C26H42NO10P/c1-24(2,3)35-21(28)15-16-27(17-22(29)32-18-20-13-11-10-12-14-20)23(30)33-19-34-38(31,36-25(4,5)6)37-26(7,8)9/h10-14H,15-19H2,1-9H3. The molecule has 0 heterocycles. The first-order valence-corrected chi connectivity index (χ1v) is 13.7. The zero-order valence-electron chi connectivity index (χ0n) is 23.9. The minimum atomic E-state index is -4.14. The fourth-order valence-corrected chi connectivity index (χ4v) is 4.43. The van der Waals surface area contributed by atoms with Gasteiger partial charge in [0.1, 0.15) is 18.8 Å². The molecule has 38 heavy (non-hydrogen) atoms. The van der Waals surface area contributed by atoms with E-state index in [0.717, 1.165) is 10.5 Å². The third-order valence-electron chi connectivity index (χ3n) is 3.99. The Morgan fingerprint density at radius 3 is 1.84 bits per heavy atom. The van der Waals surface area contributed by atoms with Crippen molar-refractivity contribution in [3.63, 3.8) is 0 Å². The van der Waals surface area contributed by atoms with Gasteiger partial charge in [0.05, 0.1) is 17.6 Å². The monoisotopic (exact) mass is 559 g/mol. The zero-order chi connectivity index (χ0) is 29.2. The number of carbonyl (C=O) groups excluding carboxylic acids is 3. The van der Waals surface area contributed by atoms with Gasteiger partial charge in [-0.05, 0) is 67.9 Å². The Labute approximate surface area is 225 Å². The lowest BCUT2D eigenvalue weighted by Crippen LogP contribution is -2.39. The second-order valence-electron chi connectivity index (χ2n) is 11.4. The maximum absolute atomic E-state index is 13.1. The van der Waals surface area contributed by atoms with Crippen LogP contribution in [0, 0.1) is 0 Å². The van der Waals surface area contributed by atoms with Crippen molar-refractivity contribution in [1.29, 1.82) is 0 Å². The number of phosphoric ester groups is 1. The summed E-state index contributed by atoms with van der Waals surface area (Å²) in [5, 5.41) is 0. The molecule has 0 aliphatic heterocycles. The van der Waals surface area contributed by atoms with E-state index in [-0.39, 0.29) is 19.6 Å². The van der Waals surface area contributed by atoms with Crippen LogP contribution in [-0.4, -0.2) is 59.6 Å². The summed E-state index contributed by atoms with van der Waals surface area (Å²) < 4.78 is 44.9. The van der Waals surface area contributed by atoms with Gasteiger partial charge in [-0.3, -0.25) is 23.5 Å². The van der Waals surface area contributed by atoms with Crippen molar-refractivity contribution in [3.8, 4) is 0 Å². The van der Waals surface area contributed by atoms with E-state index in [1.165, 1.54) is 0 Å². The minimum absolute atomic E-state index is 0.00913. The Bertz CT molecular complexity index is 941. The van der Waals surface area contributed by atoms with Crippen LogP contribution >= 0.6 is 7.82 Å². The largest absolute Gasteiger partial charge is 0.478 e. The maximum Gasteiger partial charge on any atom is 0.478 e. The molecule has 1 rings (SSSR count). The number of nitrogens with zero attached hydrogens (tertiary/aromatic N) is 1. The Morgan fingerprint density at radius 2 is 1.34 bits per heavy atom. The SMILES string of the molecule is CC(C)(C)OC(=O)CCN(CC(=O)OCc1ccccc1)C(=O)OCOP(=O)(OC(C)(C)C)OC(C)(C)C. The Morgan fingerprint density at radius 1 is 0.789 bits per heavy atom. The fraction of sp³-hybridized carbons (Fsp3) is 0.654. The zero-order valence-corrected chi connectivity index (χ0v) is 24.8. The molecule has 0 aliphatic carbocycles. The number of amides is 1. The summed E-state index contributed by atoms with van der Waals surface area (Å²) in [6.45, 7) is 13.7. The topological polar surface area (TPSA) is 127 Å². The van der Waals surface area contributed by atoms with E-state index in [0.29, 0.717) is 0 Å². The molecule has 0 spiro atoms. The van der Waals surface area contributed by atoms with Crippen LogP contribution in [0.3, 0.4) is 0 Å². The van der Waals surface area contributed by atoms with E-state index in [9.17, 15) is 18.9 Å². The number of ether oxygens (including phenoxy) is 3. The predicted octanol–water partition coefficient (Wildman–Crippen LogP) is 5.61. The summed E-state index contributed by atoms with van der Waals surface area (Å²) in [5.41, 5.74) is -1.71. The predicted molar refractivity (Wildman–Crippen MR) is 140 cm³/mol. The number of hydrogen-bond acceptors (Lipinski definition) is 10. The van der Waals surface area contributed by atoms with Crippen molar-refractivity contribution in [2.24, 2.45) is 0 Å². The van der Waals surface area contributed by atoms with Crippen molar-refractivity contribution in [2.75, 3.05) is 19.9 Å². The summed E-state index contributed by atoms with van der Waals surface area (Å²) in [4.78, 5) is 38.4. The van der Waals surface area contributed by atoms with E-state index >= 15 is 0 Å². The molecule has 0 saturated carbocycles. The van der Waals surface area contributed by atoms with Crippen LogP contribution in [0.4, 0.5) is 4.79 Å². The van der Waals surface area contributed by atoms with Crippen LogP contribution < -0.4 is 0 Å². The fourth-order valence-electron chi connectivity index (χ4n) is 2.77. The molecule has 0 atom stereocenters. The smallest absolute Gasteiger partial charge is 0.460 e. The van der Waals surface area contributed by atoms with Gasteiger partial charge >= 0.3 is 25.9 Å². The Hall–Kier alpha value is -2.46. The third kappa shape index (κ3) is 15.7. The number of rotatable bonds is 12. The highest BCUT2D eigenvalue weighted by Gasteiger charge is 2.37. The van der Waals surface area contributed by atoms with E-state index < -0.39 is 56.0 Å². The van der Waals surface area contributed by atoms with E-state index in [1.54, 1.807) is 86.6 Å². The van der Waals surface area contributed by atoms with Gasteiger partial charge in [0.15, 0.2) is 0 Å². The minimum Gasteiger partial charge on any atom is -0.460 e. The maximum atomic E-state index is 13.1. The molecule has 0 saturated heterocycles. The molecule has 0 fully saturated rings. The van der Waals surface area contributed by atoms with Crippen LogP contribution in [-0.2, 0) is 48.5 Å². The quantitative estimate of drug-likeness (QED) is 0.138. The first kappa shape index (κ1) is 33.6. The average molecular weight is 560 g/mol. The molecule has 0 radical (unpaired) electrons. The molecule has 216 valence electrons. The second kappa shape index (κ2) is 14.1. The van der Waals surface area contributed by atoms with Crippen LogP contribution in [0.25, 0.3) is 0 Å². The number of phosphoric acid groups is 1. The molecule has 12 heteroatoms. The van der Waals surface area contributed by atoms with Crippen molar-refractivity contribution >= 4 is 25.9 Å². The molecule has 0 aliphatic rings. The number of hydrogen-bond donors (Lipinski definition) is 0. The van der Waals surface area contributed by atoms with E-state index in [4.69, 9.17) is 27.8 Å². The van der Waals surface area contributed by atoms with Gasteiger partial charge < -0.3 is 14.2 Å². The highest BCUT2D eigenvalue weighted by atomic mass is 31.2. The summed E-state index contributed by atoms with van der Waals surface area (Å²) >= 11 is 0. The molecule has 0 N–H and O–H groups in total. The number of carbonyl (C=O) groups is 3. The molecule has 1 aromatic rings. The molecular weight excluding hydrogens is 517 g/mol. The van der Waals surface area contributed by atoms with Crippen LogP contribution in [0.5, 0.6) is 0 Å². The van der Waals surface area contributed by atoms with Crippen molar-refractivity contribution in [1.82, 2.24) is 4.90 Å². The van der Waals surface area contributed by atoms with E-state index in [2.05, 4.69) is 0 Å². The first-order chi connectivity index (χ1) is 17.3. The molecule has 0 unspecified atom stereocenters. The molecule has 0 aromatic heterocycles. The highest BCUT2D eigenvalue weighted by Crippen LogP contribution is 2.55. The number of benzene rings is 1. The number of esters is 2. The molecule has 1 aromatic carbocycles. The normalized spacial score (nSPS) is 12.6. The Balaban J connectivity index is 2.85. The average Bonchev–Trinajstić information content (AvgIpc) is 2.71. The summed E-state index contributed by atoms with van der Waals surface area (Å²) in [7, 11) is -4.14. The molecule has 1 amide bonds.